The monoisotopic (exact) mass is 260 g/mol. The highest BCUT2D eigenvalue weighted by Crippen LogP contribution is 2.35. The first-order valence-electron chi connectivity index (χ1n) is 5.54. The van der Waals surface area contributed by atoms with Crippen LogP contribution in [0.3, 0.4) is 0 Å². The van der Waals surface area contributed by atoms with Crippen LogP contribution in [0.1, 0.15) is 31.4 Å². The minimum absolute atomic E-state index is 0.107. The average Bonchev–Trinajstić information content (AvgIpc) is 2.28. The molecule has 0 aliphatic carbocycles. The lowest BCUT2D eigenvalue weighted by Gasteiger charge is -2.04. The molecule has 0 bridgehead atoms. The number of rotatable bonds is 8. The molecule has 0 aliphatic heterocycles. The minimum Gasteiger partial charge on any atom is -0.303 e. The maximum absolute atomic E-state index is 10.4. The maximum atomic E-state index is 10.4. The van der Waals surface area contributed by atoms with Gasteiger partial charge in [-0.2, -0.15) is 10.2 Å². The van der Waals surface area contributed by atoms with Gasteiger partial charge in [-0.15, -0.1) is 0 Å². The van der Waals surface area contributed by atoms with Crippen LogP contribution in [0.2, 0.25) is 0 Å². The number of phosphoric ester groups is 1. The van der Waals surface area contributed by atoms with Gasteiger partial charge in [0.1, 0.15) is 0 Å². The van der Waals surface area contributed by atoms with Gasteiger partial charge in [-0.25, -0.2) is 4.57 Å². The molecule has 2 N–H and O–H groups in total. The minimum atomic E-state index is -4.29. The van der Waals surface area contributed by atoms with E-state index >= 15 is 0 Å². The van der Waals surface area contributed by atoms with Gasteiger partial charge in [0.25, 0.3) is 0 Å². The quantitative estimate of drug-likeness (QED) is 0.545. The summed E-state index contributed by atoms with van der Waals surface area (Å²) in [4.78, 5) is 16.9. The second-order valence-corrected chi connectivity index (χ2v) is 4.94. The van der Waals surface area contributed by atoms with Gasteiger partial charge in [-0.05, 0) is 31.4 Å². The van der Waals surface area contributed by atoms with Crippen molar-refractivity contribution in [2.75, 3.05) is 6.61 Å². The van der Waals surface area contributed by atoms with E-state index in [0.29, 0.717) is 6.42 Å². The summed E-state index contributed by atoms with van der Waals surface area (Å²) in [5.74, 6) is 0. The van der Waals surface area contributed by atoms with Crippen molar-refractivity contribution in [2.24, 2.45) is 0 Å². The SMILES string of the molecule is O=P(O)(O)OCCCCCCc1cccnn1. The molecule has 1 heterocycles. The molecule has 17 heavy (non-hydrogen) atoms. The van der Waals surface area contributed by atoms with E-state index in [1.807, 2.05) is 12.1 Å². The average molecular weight is 260 g/mol. The van der Waals surface area contributed by atoms with Gasteiger partial charge in [0.2, 0.25) is 0 Å². The molecule has 1 aromatic heterocycles. The van der Waals surface area contributed by atoms with Crippen LogP contribution in [0.25, 0.3) is 0 Å². The third-order valence-corrected chi connectivity index (χ3v) is 2.73. The van der Waals surface area contributed by atoms with Gasteiger partial charge in [-0.1, -0.05) is 12.8 Å². The van der Waals surface area contributed by atoms with Crippen molar-refractivity contribution in [3.05, 3.63) is 24.0 Å². The largest absolute Gasteiger partial charge is 0.469 e. The Labute approximate surface area is 100 Å². The van der Waals surface area contributed by atoms with E-state index in [4.69, 9.17) is 9.79 Å². The van der Waals surface area contributed by atoms with E-state index in [0.717, 1.165) is 31.4 Å². The fourth-order valence-electron chi connectivity index (χ4n) is 1.41. The molecule has 7 heteroatoms. The van der Waals surface area contributed by atoms with E-state index in [1.54, 1.807) is 6.20 Å². The Kier molecular flexibility index (Phi) is 6.29. The number of nitrogens with zero attached hydrogens (tertiary/aromatic N) is 2. The zero-order valence-electron chi connectivity index (χ0n) is 9.53. The fraction of sp³-hybridized carbons (Fsp3) is 0.600. The number of phosphoric acid groups is 1. The molecule has 0 spiro atoms. The van der Waals surface area contributed by atoms with Crippen LogP contribution in [0, 0.1) is 0 Å². The molecule has 0 aliphatic rings. The first-order chi connectivity index (χ1) is 8.08. The first-order valence-corrected chi connectivity index (χ1v) is 7.07. The third-order valence-electron chi connectivity index (χ3n) is 2.21. The predicted molar refractivity (Wildman–Crippen MR) is 62.2 cm³/mol. The molecule has 96 valence electrons. The third kappa shape index (κ3) is 7.99. The second-order valence-electron chi connectivity index (χ2n) is 3.70. The van der Waals surface area contributed by atoms with E-state index in [-0.39, 0.29) is 6.61 Å². The summed E-state index contributed by atoms with van der Waals surface area (Å²) in [6, 6.07) is 3.79. The molecule has 1 aromatic rings. The lowest BCUT2D eigenvalue weighted by atomic mass is 10.1. The van der Waals surface area contributed by atoms with Gasteiger partial charge in [0.05, 0.1) is 12.3 Å². The summed E-state index contributed by atoms with van der Waals surface area (Å²) < 4.78 is 14.7. The number of aryl methyl sites for hydroxylation is 1. The molecule has 0 fully saturated rings. The van der Waals surface area contributed by atoms with Gasteiger partial charge in [0.15, 0.2) is 0 Å². The molecule has 0 saturated heterocycles. The van der Waals surface area contributed by atoms with Gasteiger partial charge in [0, 0.05) is 6.20 Å². The van der Waals surface area contributed by atoms with E-state index in [1.165, 1.54) is 0 Å². The van der Waals surface area contributed by atoms with E-state index in [2.05, 4.69) is 14.7 Å². The van der Waals surface area contributed by atoms with Crippen molar-refractivity contribution in [3.63, 3.8) is 0 Å². The normalized spacial score (nSPS) is 11.6. The fourth-order valence-corrected chi connectivity index (χ4v) is 1.78. The summed E-state index contributed by atoms with van der Waals surface area (Å²) >= 11 is 0. The Morgan fingerprint density at radius 1 is 1.24 bits per heavy atom. The van der Waals surface area contributed by atoms with Gasteiger partial charge >= 0.3 is 7.82 Å². The maximum Gasteiger partial charge on any atom is 0.469 e. The Morgan fingerprint density at radius 3 is 2.65 bits per heavy atom. The molecule has 1 rings (SSSR count). The molecule has 6 nitrogen and oxygen atoms in total. The van der Waals surface area contributed by atoms with Crippen LogP contribution in [0.5, 0.6) is 0 Å². The first kappa shape index (κ1) is 14.3. The van der Waals surface area contributed by atoms with Crippen LogP contribution >= 0.6 is 7.82 Å². The Balaban J connectivity index is 1.97. The summed E-state index contributed by atoms with van der Waals surface area (Å²) in [6.45, 7) is 0.107. The van der Waals surface area contributed by atoms with Crippen molar-refractivity contribution >= 4 is 7.82 Å². The molecule has 0 radical (unpaired) electrons. The molecular weight excluding hydrogens is 243 g/mol. The lowest BCUT2D eigenvalue weighted by Crippen LogP contribution is -1.94. The second kappa shape index (κ2) is 7.50. The highest BCUT2D eigenvalue weighted by molar-refractivity contribution is 7.46. The molecular formula is C10H17N2O4P. The zero-order valence-corrected chi connectivity index (χ0v) is 10.4. The van der Waals surface area contributed by atoms with Crippen LogP contribution < -0.4 is 0 Å². The molecule has 0 saturated carbocycles. The number of aromatic nitrogens is 2. The van der Waals surface area contributed by atoms with Gasteiger partial charge in [-0.3, -0.25) is 4.52 Å². The van der Waals surface area contributed by atoms with Crippen molar-refractivity contribution in [3.8, 4) is 0 Å². The lowest BCUT2D eigenvalue weighted by molar-refractivity contribution is 0.193. The Bertz CT molecular complexity index is 355. The topological polar surface area (TPSA) is 92.5 Å². The molecule has 0 amide bonds. The molecule has 0 aromatic carbocycles. The van der Waals surface area contributed by atoms with Crippen molar-refractivity contribution in [2.45, 2.75) is 32.1 Å². The number of hydrogen-bond donors (Lipinski definition) is 2. The molecule has 0 atom stereocenters. The van der Waals surface area contributed by atoms with E-state index in [9.17, 15) is 4.57 Å². The van der Waals surface area contributed by atoms with Crippen molar-refractivity contribution in [1.82, 2.24) is 10.2 Å². The van der Waals surface area contributed by atoms with Gasteiger partial charge < -0.3 is 9.79 Å². The van der Waals surface area contributed by atoms with Crippen LogP contribution in [-0.4, -0.2) is 26.6 Å². The van der Waals surface area contributed by atoms with Crippen LogP contribution in [0.4, 0.5) is 0 Å². The summed E-state index contributed by atoms with van der Waals surface area (Å²) in [5, 5.41) is 7.75. The number of hydrogen-bond acceptors (Lipinski definition) is 4. The summed E-state index contributed by atoms with van der Waals surface area (Å²) in [5.41, 5.74) is 0.971. The zero-order chi connectivity index (χ0) is 12.6. The van der Waals surface area contributed by atoms with Crippen LogP contribution in [-0.2, 0) is 15.5 Å². The van der Waals surface area contributed by atoms with Crippen molar-refractivity contribution < 1.29 is 18.9 Å². The standard InChI is InChI=1S/C10H17N2O4P/c13-17(14,15)16-9-4-2-1-3-6-10-7-5-8-11-12-10/h5,7-8H,1-4,6,9H2,(H2,13,14,15). The van der Waals surface area contributed by atoms with Crippen molar-refractivity contribution in [1.29, 1.82) is 0 Å². The highest BCUT2D eigenvalue weighted by atomic mass is 31.2. The smallest absolute Gasteiger partial charge is 0.303 e. The highest BCUT2D eigenvalue weighted by Gasteiger charge is 2.12. The summed E-state index contributed by atoms with van der Waals surface area (Å²) in [7, 11) is -4.29. The van der Waals surface area contributed by atoms with Crippen LogP contribution in [0.15, 0.2) is 18.3 Å². The van der Waals surface area contributed by atoms with E-state index < -0.39 is 7.82 Å². The Hall–Kier alpha value is -0.810. The predicted octanol–water partition coefficient (Wildman–Crippen LogP) is 1.69. The number of unbranched alkanes of at least 4 members (excludes halogenated alkanes) is 3. The molecule has 0 unspecified atom stereocenters. The summed E-state index contributed by atoms with van der Waals surface area (Å²) in [6.07, 6.45) is 6.05. The Morgan fingerprint density at radius 2 is 2.00 bits per heavy atom.